The molecule has 1 aromatic heterocycles. The van der Waals surface area contributed by atoms with Gasteiger partial charge in [0.15, 0.2) is 0 Å². The van der Waals surface area contributed by atoms with Gasteiger partial charge in [0.25, 0.3) is 0 Å². The van der Waals surface area contributed by atoms with E-state index in [1.165, 1.54) is 44.9 Å². The first-order valence-corrected chi connectivity index (χ1v) is 6.23. The lowest BCUT2D eigenvalue weighted by Crippen LogP contribution is -2.22. The Balaban J connectivity index is 1.70. The number of hydrogen-bond donors (Lipinski definition) is 1. The van der Waals surface area contributed by atoms with Crippen LogP contribution in [-0.2, 0) is 0 Å². The van der Waals surface area contributed by atoms with Crippen molar-refractivity contribution in [2.75, 3.05) is 5.32 Å². The second kappa shape index (κ2) is 3.87. The van der Waals surface area contributed by atoms with Gasteiger partial charge in [-0.3, -0.25) is 0 Å². The summed E-state index contributed by atoms with van der Waals surface area (Å²) < 4.78 is 2.34. The van der Waals surface area contributed by atoms with Crippen LogP contribution in [0.5, 0.6) is 0 Å². The molecule has 0 saturated heterocycles. The fraction of sp³-hybridized carbons (Fsp3) is 0.750. The average molecular weight is 205 g/mol. The van der Waals surface area contributed by atoms with E-state index >= 15 is 0 Å². The largest absolute Gasteiger partial charge is 0.353 e. The molecule has 2 fully saturated rings. The van der Waals surface area contributed by atoms with Gasteiger partial charge in [-0.1, -0.05) is 12.8 Å². The maximum atomic E-state index is 4.43. The van der Waals surface area contributed by atoms with E-state index in [4.69, 9.17) is 0 Å². The summed E-state index contributed by atoms with van der Waals surface area (Å²) in [5.41, 5.74) is 0. The van der Waals surface area contributed by atoms with E-state index in [2.05, 4.69) is 21.1 Å². The van der Waals surface area contributed by atoms with Crippen molar-refractivity contribution < 1.29 is 0 Å². The molecule has 3 rings (SSSR count). The topological polar surface area (TPSA) is 29.9 Å². The molecule has 0 unspecified atom stereocenters. The number of aromatic nitrogens is 2. The summed E-state index contributed by atoms with van der Waals surface area (Å²) in [6.45, 7) is 0. The maximum absolute atomic E-state index is 4.43. The third kappa shape index (κ3) is 1.75. The third-order valence-electron chi connectivity index (χ3n) is 3.83. The van der Waals surface area contributed by atoms with E-state index in [1.807, 2.05) is 6.20 Å². The highest BCUT2D eigenvalue weighted by Crippen LogP contribution is 2.34. The van der Waals surface area contributed by atoms with Crippen molar-refractivity contribution in [3.63, 3.8) is 0 Å². The molecule has 0 aromatic carbocycles. The van der Waals surface area contributed by atoms with E-state index in [9.17, 15) is 0 Å². The van der Waals surface area contributed by atoms with Crippen LogP contribution in [0.2, 0.25) is 0 Å². The molecule has 0 atom stereocenters. The molecule has 3 heteroatoms. The van der Waals surface area contributed by atoms with Crippen molar-refractivity contribution in [3.8, 4) is 0 Å². The quantitative estimate of drug-likeness (QED) is 0.822. The number of hydrogen-bond acceptors (Lipinski definition) is 2. The summed E-state index contributed by atoms with van der Waals surface area (Å²) in [4.78, 5) is 4.43. The number of imidazole rings is 1. The predicted molar refractivity (Wildman–Crippen MR) is 61.0 cm³/mol. The van der Waals surface area contributed by atoms with Gasteiger partial charge in [0.2, 0.25) is 5.95 Å². The van der Waals surface area contributed by atoms with E-state index in [1.54, 1.807) is 0 Å². The molecule has 1 heterocycles. The van der Waals surface area contributed by atoms with E-state index in [-0.39, 0.29) is 0 Å². The minimum atomic E-state index is 0.672. The molecule has 2 saturated carbocycles. The summed E-state index contributed by atoms with van der Waals surface area (Å²) >= 11 is 0. The Labute approximate surface area is 90.9 Å². The molecule has 0 spiro atoms. The van der Waals surface area contributed by atoms with Crippen LogP contribution in [0.15, 0.2) is 12.4 Å². The number of nitrogens with one attached hydrogen (secondary N) is 1. The van der Waals surface area contributed by atoms with Gasteiger partial charge in [-0.2, -0.15) is 0 Å². The van der Waals surface area contributed by atoms with Crippen molar-refractivity contribution in [2.45, 2.75) is 57.0 Å². The van der Waals surface area contributed by atoms with Crippen molar-refractivity contribution >= 4 is 5.95 Å². The van der Waals surface area contributed by atoms with Gasteiger partial charge in [0, 0.05) is 24.5 Å². The van der Waals surface area contributed by atoms with Crippen molar-refractivity contribution in [2.24, 2.45) is 0 Å². The average Bonchev–Trinajstić information content (AvgIpc) is 2.76. The van der Waals surface area contributed by atoms with Crippen molar-refractivity contribution in [1.29, 1.82) is 0 Å². The summed E-state index contributed by atoms with van der Waals surface area (Å²) in [5.74, 6) is 1.10. The van der Waals surface area contributed by atoms with Gasteiger partial charge in [0.05, 0.1) is 0 Å². The van der Waals surface area contributed by atoms with Crippen LogP contribution in [0.1, 0.15) is 51.0 Å². The SMILES string of the molecule is c1cn(C2CCC2)c(NC2CCCC2)n1. The van der Waals surface area contributed by atoms with Crippen LogP contribution in [0.25, 0.3) is 0 Å². The molecule has 0 aliphatic heterocycles. The third-order valence-corrected chi connectivity index (χ3v) is 3.83. The van der Waals surface area contributed by atoms with E-state index in [0.717, 1.165) is 12.0 Å². The van der Waals surface area contributed by atoms with Crippen LogP contribution in [0, 0.1) is 0 Å². The summed E-state index contributed by atoms with van der Waals surface area (Å²) in [5, 5.41) is 3.59. The minimum absolute atomic E-state index is 0.672. The Kier molecular flexibility index (Phi) is 2.39. The Morgan fingerprint density at radius 3 is 2.60 bits per heavy atom. The first kappa shape index (κ1) is 9.25. The second-order valence-corrected chi connectivity index (χ2v) is 4.87. The molecule has 15 heavy (non-hydrogen) atoms. The summed E-state index contributed by atoms with van der Waals surface area (Å²) in [6, 6.07) is 1.39. The van der Waals surface area contributed by atoms with E-state index < -0.39 is 0 Å². The molecule has 82 valence electrons. The van der Waals surface area contributed by atoms with Gasteiger partial charge < -0.3 is 9.88 Å². The predicted octanol–water partition coefficient (Wildman–Crippen LogP) is 2.96. The Morgan fingerprint density at radius 1 is 1.13 bits per heavy atom. The molecule has 3 nitrogen and oxygen atoms in total. The van der Waals surface area contributed by atoms with Gasteiger partial charge in [-0.15, -0.1) is 0 Å². The first-order chi connectivity index (χ1) is 7.43. The maximum Gasteiger partial charge on any atom is 0.203 e. The zero-order valence-electron chi connectivity index (χ0n) is 9.15. The Hall–Kier alpha value is -0.990. The summed E-state index contributed by atoms with van der Waals surface area (Å²) in [7, 11) is 0. The van der Waals surface area contributed by atoms with Crippen LogP contribution >= 0.6 is 0 Å². The lowest BCUT2D eigenvalue weighted by Gasteiger charge is -2.29. The second-order valence-electron chi connectivity index (χ2n) is 4.87. The monoisotopic (exact) mass is 205 g/mol. The summed E-state index contributed by atoms with van der Waals surface area (Å²) in [6.07, 6.45) is 13.5. The van der Waals surface area contributed by atoms with Gasteiger partial charge in [0.1, 0.15) is 0 Å². The molecule has 2 aliphatic rings. The van der Waals surface area contributed by atoms with Crippen LogP contribution in [0.3, 0.4) is 0 Å². The standard InChI is InChI=1S/C12H19N3/c1-2-5-10(4-1)14-12-13-8-9-15(12)11-6-3-7-11/h8-11H,1-7H2,(H,13,14). The normalized spacial score (nSPS) is 22.9. The molecule has 2 aliphatic carbocycles. The molecular weight excluding hydrogens is 186 g/mol. The molecule has 0 radical (unpaired) electrons. The van der Waals surface area contributed by atoms with Crippen LogP contribution < -0.4 is 5.32 Å². The van der Waals surface area contributed by atoms with Crippen molar-refractivity contribution in [3.05, 3.63) is 12.4 Å². The molecule has 1 aromatic rings. The van der Waals surface area contributed by atoms with Crippen LogP contribution in [0.4, 0.5) is 5.95 Å². The zero-order chi connectivity index (χ0) is 10.1. The molecule has 1 N–H and O–H groups in total. The molecule has 0 bridgehead atoms. The first-order valence-electron chi connectivity index (χ1n) is 6.23. The highest BCUT2D eigenvalue weighted by atomic mass is 15.2. The Bertz CT molecular complexity index is 321. The molecule has 0 amide bonds. The zero-order valence-corrected chi connectivity index (χ0v) is 9.15. The lowest BCUT2D eigenvalue weighted by molar-refractivity contribution is 0.316. The Morgan fingerprint density at radius 2 is 1.93 bits per heavy atom. The minimum Gasteiger partial charge on any atom is -0.353 e. The number of rotatable bonds is 3. The van der Waals surface area contributed by atoms with Gasteiger partial charge >= 0.3 is 0 Å². The smallest absolute Gasteiger partial charge is 0.203 e. The number of nitrogens with zero attached hydrogens (tertiary/aromatic N) is 2. The lowest BCUT2D eigenvalue weighted by atomic mass is 9.93. The fourth-order valence-corrected chi connectivity index (χ4v) is 2.64. The van der Waals surface area contributed by atoms with E-state index in [0.29, 0.717) is 6.04 Å². The van der Waals surface area contributed by atoms with Crippen LogP contribution in [-0.4, -0.2) is 15.6 Å². The molecular formula is C12H19N3. The highest BCUT2D eigenvalue weighted by Gasteiger charge is 2.23. The van der Waals surface area contributed by atoms with Crippen molar-refractivity contribution in [1.82, 2.24) is 9.55 Å². The number of anilines is 1. The fourth-order valence-electron chi connectivity index (χ4n) is 2.64. The van der Waals surface area contributed by atoms with Gasteiger partial charge in [-0.05, 0) is 32.1 Å². The van der Waals surface area contributed by atoms with Gasteiger partial charge in [-0.25, -0.2) is 4.98 Å². The highest BCUT2D eigenvalue weighted by molar-refractivity contribution is 5.29.